The third-order valence-electron chi connectivity index (χ3n) is 4.01. The van der Waals surface area contributed by atoms with E-state index in [0.29, 0.717) is 22.5 Å². The molecule has 1 fully saturated rings. The van der Waals surface area contributed by atoms with Crippen molar-refractivity contribution in [2.24, 2.45) is 5.92 Å². The van der Waals surface area contributed by atoms with Crippen LogP contribution in [0.2, 0.25) is 5.02 Å². The summed E-state index contributed by atoms with van der Waals surface area (Å²) >= 11 is 6.07. The van der Waals surface area contributed by atoms with Gasteiger partial charge in [-0.2, -0.15) is 0 Å². The van der Waals surface area contributed by atoms with E-state index in [9.17, 15) is 0 Å². The quantitative estimate of drug-likeness (QED) is 0.882. The Balaban J connectivity index is 1.92. The van der Waals surface area contributed by atoms with Crippen molar-refractivity contribution < 1.29 is 4.74 Å². The van der Waals surface area contributed by atoms with Crippen molar-refractivity contribution in [3.05, 3.63) is 23.2 Å². The Morgan fingerprint density at radius 2 is 2.10 bits per heavy atom. The molecule has 7 heteroatoms. The number of halogens is 1. The standard InChI is InChI=1S/C14H18ClN5O/c1-9(10-2-4-21-5-3-10)20-14(17-18-19-20)11-6-12(15)8-13(16)7-11/h6-10H,2-5,16H2,1H3. The maximum atomic E-state index is 6.07. The van der Waals surface area contributed by atoms with Crippen LogP contribution in [0.5, 0.6) is 0 Å². The molecule has 1 atom stereocenters. The molecule has 1 aliphatic heterocycles. The monoisotopic (exact) mass is 307 g/mol. The van der Waals surface area contributed by atoms with Crippen LogP contribution in [-0.2, 0) is 4.74 Å². The zero-order chi connectivity index (χ0) is 14.8. The van der Waals surface area contributed by atoms with Gasteiger partial charge in [-0.3, -0.25) is 0 Å². The molecule has 112 valence electrons. The Bertz CT molecular complexity index is 603. The molecule has 1 unspecified atom stereocenters. The van der Waals surface area contributed by atoms with Gasteiger partial charge < -0.3 is 10.5 Å². The predicted octanol–water partition coefficient (Wildman–Crippen LogP) is 2.56. The van der Waals surface area contributed by atoms with E-state index in [0.717, 1.165) is 31.6 Å². The molecular formula is C14H18ClN5O. The predicted molar refractivity (Wildman–Crippen MR) is 80.9 cm³/mol. The number of nitrogens with zero attached hydrogens (tertiary/aromatic N) is 4. The smallest absolute Gasteiger partial charge is 0.182 e. The number of benzene rings is 1. The van der Waals surface area contributed by atoms with E-state index in [1.807, 2.05) is 16.8 Å². The van der Waals surface area contributed by atoms with E-state index >= 15 is 0 Å². The van der Waals surface area contributed by atoms with Crippen molar-refractivity contribution in [1.29, 1.82) is 0 Å². The molecule has 2 aromatic rings. The van der Waals surface area contributed by atoms with Crippen molar-refractivity contribution in [1.82, 2.24) is 20.2 Å². The molecular weight excluding hydrogens is 290 g/mol. The average molecular weight is 308 g/mol. The second kappa shape index (κ2) is 5.99. The summed E-state index contributed by atoms with van der Waals surface area (Å²) in [6, 6.07) is 5.59. The highest BCUT2D eigenvalue weighted by Gasteiger charge is 2.25. The number of tetrazole rings is 1. The summed E-state index contributed by atoms with van der Waals surface area (Å²) in [6.07, 6.45) is 2.05. The summed E-state index contributed by atoms with van der Waals surface area (Å²) in [5.74, 6) is 1.21. The van der Waals surface area contributed by atoms with Gasteiger partial charge in [-0.1, -0.05) is 11.6 Å². The molecule has 21 heavy (non-hydrogen) atoms. The Morgan fingerprint density at radius 1 is 1.33 bits per heavy atom. The lowest BCUT2D eigenvalue weighted by molar-refractivity contribution is 0.0495. The molecule has 0 spiro atoms. The lowest BCUT2D eigenvalue weighted by atomic mass is 9.93. The normalized spacial score (nSPS) is 17.8. The van der Waals surface area contributed by atoms with Gasteiger partial charge in [0.05, 0.1) is 6.04 Å². The minimum atomic E-state index is 0.208. The fourth-order valence-electron chi connectivity index (χ4n) is 2.80. The summed E-state index contributed by atoms with van der Waals surface area (Å²) in [7, 11) is 0. The van der Waals surface area contributed by atoms with Gasteiger partial charge in [0.15, 0.2) is 5.82 Å². The first-order valence-corrected chi connectivity index (χ1v) is 7.45. The number of nitrogen functional groups attached to an aromatic ring is 1. The molecule has 1 aromatic carbocycles. The van der Waals surface area contributed by atoms with Crippen LogP contribution in [0.25, 0.3) is 11.4 Å². The molecule has 2 heterocycles. The van der Waals surface area contributed by atoms with Gasteiger partial charge in [0.2, 0.25) is 0 Å². The zero-order valence-electron chi connectivity index (χ0n) is 11.9. The fourth-order valence-corrected chi connectivity index (χ4v) is 3.04. The Labute approximate surface area is 128 Å². The molecule has 1 saturated heterocycles. The lowest BCUT2D eigenvalue weighted by Gasteiger charge is -2.28. The van der Waals surface area contributed by atoms with Crippen LogP contribution in [0.4, 0.5) is 5.69 Å². The van der Waals surface area contributed by atoms with Gasteiger partial charge in [0, 0.05) is 29.5 Å². The molecule has 1 aromatic heterocycles. The summed E-state index contributed by atoms with van der Waals surface area (Å²) in [5.41, 5.74) is 7.30. The number of ether oxygens (including phenoxy) is 1. The van der Waals surface area contributed by atoms with E-state index in [1.165, 1.54) is 0 Å². The van der Waals surface area contributed by atoms with Crippen LogP contribution in [-0.4, -0.2) is 33.4 Å². The van der Waals surface area contributed by atoms with Gasteiger partial charge >= 0.3 is 0 Å². The molecule has 0 amide bonds. The Kier molecular flexibility index (Phi) is 4.07. The Hall–Kier alpha value is -1.66. The fraction of sp³-hybridized carbons (Fsp3) is 0.500. The van der Waals surface area contributed by atoms with E-state index < -0.39 is 0 Å². The van der Waals surface area contributed by atoms with Gasteiger partial charge in [-0.25, -0.2) is 4.68 Å². The molecule has 0 saturated carbocycles. The van der Waals surface area contributed by atoms with Crippen LogP contribution in [0.1, 0.15) is 25.8 Å². The van der Waals surface area contributed by atoms with Gasteiger partial charge in [-0.05, 0) is 54.3 Å². The first kappa shape index (κ1) is 14.3. The second-order valence-corrected chi connectivity index (χ2v) is 5.85. The van der Waals surface area contributed by atoms with Crippen LogP contribution < -0.4 is 5.73 Å². The van der Waals surface area contributed by atoms with Crippen molar-refractivity contribution in [3.8, 4) is 11.4 Å². The van der Waals surface area contributed by atoms with Crippen LogP contribution in [0, 0.1) is 5.92 Å². The Morgan fingerprint density at radius 3 is 2.81 bits per heavy atom. The van der Waals surface area contributed by atoms with Crippen molar-refractivity contribution in [2.75, 3.05) is 18.9 Å². The van der Waals surface area contributed by atoms with Gasteiger partial charge in [-0.15, -0.1) is 5.10 Å². The summed E-state index contributed by atoms with van der Waals surface area (Å²) < 4.78 is 7.28. The first-order valence-electron chi connectivity index (χ1n) is 7.07. The molecule has 0 bridgehead atoms. The molecule has 2 N–H and O–H groups in total. The van der Waals surface area contributed by atoms with Gasteiger partial charge in [0.25, 0.3) is 0 Å². The van der Waals surface area contributed by atoms with Crippen molar-refractivity contribution in [3.63, 3.8) is 0 Å². The minimum Gasteiger partial charge on any atom is -0.399 e. The summed E-state index contributed by atoms with van der Waals surface area (Å²) in [6.45, 7) is 3.75. The summed E-state index contributed by atoms with van der Waals surface area (Å²) in [4.78, 5) is 0. The SMILES string of the molecule is CC(C1CCOCC1)n1nnnc1-c1cc(N)cc(Cl)c1. The van der Waals surface area contributed by atoms with E-state index in [2.05, 4.69) is 22.4 Å². The van der Waals surface area contributed by atoms with E-state index in [4.69, 9.17) is 22.1 Å². The number of hydrogen-bond donors (Lipinski definition) is 1. The number of aromatic nitrogens is 4. The number of hydrogen-bond acceptors (Lipinski definition) is 5. The van der Waals surface area contributed by atoms with Crippen LogP contribution in [0.3, 0.4) is 0 Å². The highest BCUT2D eigenvalue weighted by molar-refractivity contribution is 6.31. The molecule has 6 nitrogen and oxygen atoms in total. The van der Waals surface area contributed by atoms with Crippen LogP contribution in [0.15, 0.2) is 18.2 Å². The maximum Gasteiger partial charge on any atom is 0.182 e. The largest absolute Gasteiger partial charge is 0.399 e. The van der Waals surface area contributed by atoms with E-state index in [1.54, 1.807) is 6.07 Å². The molecule has 1 aliphatic rings. The second-order valence-electron chi connectivity index (χ2n) is 5.41. The number of rotatable bonds is 3. The molecule has 0 radical (unpaired) electrons. The van der Waals surface area contributed by atoms with Crippen molar-refractivity contribution >= 4 is 17.3 Å². The lowest BCUT2D eigenvalue weighted by Crippen LogP contribution is -2.25. The zero-order valence-corrected chi connectivity index (χ0v) is 12.6. The van der Waals surface area contributed by atoms with E-state index in [-0.39, 0.29) is 6.04 Å². The summed E-state index contributed by atoms with van der Waals surface area (Å²) in [5, 5.41) is 12.7. The average Bonchev–Trinajstić information content (AvgIpc) is 2.96. The molecule has 3 rings (SSSR count). The number of nitrogens with two attached hydrogens (primary N) is 1. The number of anilines is 1. The first-order chi connectivity index (χ1) is 10.1. The topological polar surface area (TPSA) is 78.8 Å². The van der Waals surface area contributed by atoms with Crippen molar-refractivity contribution in [2.45, 2.75) is 25.8 Å². The molecule has 0 aliphatic carbocycles. The highest BCUT2D eigenvalue weighted by Crippen LogP contribution is 2.31. The third kappa shape index (κ3) is 3.01. The van der Waals surface area contributed by atoms with Gasteiger partial charge in [0.1, 0.15) is 0 Å². The maximum absolute atomic E-state index is 6.07. The third-order valence-corrected chi connectivity index (χ3v) is 4.22. The highest BCUT2D eigenvalue weighted by atomic mass is 35.5. The van der Waals surface area contributed by atoms with Crippen LogP contribution >= 0.6 is 11.6 Å². The minimum absolute atomic E-state index is 0.208.